The molecule has 1 saturated heterocycles. The van der Waals surface area contributed by atoms with Gasteiger partial charge in [0.15, 0.2) is 0 Å². The lowest BCUT2D eigenvalue weighted by Gasteiger charge is -2.44. The van der Waals surface area contributed by atoms with E-state index in [4.69, 9.17) is 4.74 Å². The first kappa shape index (κ1) is 15.4. The van der Waals surface area contributed by atoms with Gasteiger partial charge in [0.05, 0.1) is 6.61 Å². The molecule has 0 radical (unpaired) electrons. The molecule has 0 atom stereocenters. The molecule has 21 heavy (non-hydrogen) atoms. The van der Waals surface area contributed by atoms with Crippen molar-refractivity contribution in [2.24, 2.45) is 5.41 Å². The molecule has 2 aliphatic rings. The quantitative estimate of drug-likeness (QED) is 0.502. The van der Waals surface area contributed by atoms with E-state index in [1.807, 2.05) is 0 Å². The van der Waals surface area contributed by atoms with Crippen LogP contribution in [0.25, 0.3) is 0 Å². The molecule has 1 spiro atoms. The molecule has 116 valence electrons. The highest BCUT2D eigenvalue weighted by Crippen LogP contribution is 2.44. The third kappa shape index (κ3) is 2.90. The zero-order valence-corrected chi connectivity index (χ0v) is 11.9. The number of rotatable bonds is 6. The largest absolute Gasteiger partial charge is 0.383 e. The van der Waals surface area contributed by atoms with Crippen molar-refractivity contribution in [3.63, 3.8) is 0 Å². The highest BCUT2D eigenvalue weighted by atomic mass is 16.5. The van der Waals surface area contributed by atoms with Gasteiger partial charge in [-0.2, -0.15) is 0 Å². The Morgan fingerprint density at radius 3 is 2.67 bits per heavy atom. The fraction of sp³-hybridized carbons (Fsp3) is 0.692. The minimum Gasteiger partial charge on any atom is -0.383 e. The Labute approximate surface area is 122 Å². The van der Waals surface area contributed by atoms with Crippen molar-refractivity contribution >= 4 is 23.8 Å². The maximum Gasteiger partial charge on any atom is 0.330 e. The van der Waals surface area contributed by atoms with Gasteiger partial charge in [0, 0.05) is 26.6 Å². The first-order valence-electron chi connectivity index (χ1n) is 6.94. The highest BCUT2D eigenvalue weighted by Gasteiger charge is 2.57. The molecular formula is C13H19N3O5. The summed E-state index contributed by atoms with van der Waals surface area (Å²) in [6, 6.07) is -0.743. The van der Waals surface area contributed by atoms with Gasteiger partial charge in [-0.3, -0.25) is 24.6 Å². The van der Waals surface area contributed by atoms with E-state index in [0.29, 0.717) is 26.0 Å². The number of amides is 5. The summed E-state index contributed by atoms with van der Waals surface area (Å²) in [6.45, 7) is 0.739. The number of carbonyl (C=O) groups is 4. The Morgan fingerprint density at radius 2 is 2.10 bits per heavy atom. The molecule has 0 bridgehead atoms. The van der Waals surface area contributed by atoms with Gasteiger partial charge < -0.3 is 10.1 Å². The molecule has 1 saturated carbocycles. The average Bonchev–Trinajstić information content (AvgIpc) is 2.36. The van der Waals surface area contributed by atoms with Crippen molar-refractivity contribution in [2.45, 2.75) is 25.7 Å². The maximum absolute atomic E-state index is 12.3. The topological polar surface area (TPSA) is 105 Å². The van der Waals surface area contributed by atoms with Gasteiger partial charge in [-0.05, 0) is 12.8 Å². The minimum atomic E-state index is -1.08. The second kappa shape index (κ2) is 6.21. The number of hydrogen-bond donors (Lipinski definition) is 2. The van der Waals surface area contributed by atoms with E-state index < -0.39 is 23.3 Å². The van der Waals surface area contributed by atoms with E-state index in [9.17, 15) is 19.2 Å². The lowest BCUT2D eigenvalue weighted by atomic mass is 9.66. The molecule has 0 aromatic carbocycles. The normalized spacial score (nSPS) is 20.2. The van der Waals surface area contributed by atoms with Crippen LogP contribution in [0.3, 0.4) is 0 Å². The summed E-state index contributed by atoms with van der Waals surface area (Å²) in [5, 5.41) is 4.81. The number of barbiturate groups is 1. The van der Waals surface area contributed by atoms with Crippen LogP contribution in [0.5, 0.6) is 0 Å². The first-order valence-corrected chi connectivity index (χ1v) is 6.94. The molecule has 2 fully saturated rings. The van der Waals surface area contributed by atoms with Crippen LogP contribution in [0, 0.1) is 5.41 Å². The van der Waals surface area contributed by atoms with E-state index in [0.717, 1.165) is 11.3 Å². The number of methoxy groups -OCH3 is 1. The summed E-state index contributed by atoms with van der Waals surface area (Å²) < 4.78 is 4.80. The summed E-state index contributed by atoms with van der Waals surface area (Å²) in [7, 11) is 1.53. The van der Waals surface area contributed by atoms with Crippen LogP contribution < -0.4 is 10.6 Å². The Hall–Kier alpha value is -1.96. The third-order valence-electron chi connectivity index (χ3n) is 3.95. The Balaban J connectivity index is 1.90. The predicted octanol–water partition coefficient (Wildman–Crippen LogP) is -0.612. The second-order valence-electron chi connectivity index (χ2n) is 5.24. The third-order valence-corrected chi connectivity index (χ3v) is 3.95. The molecule has 0 unspecified atom stereocenters. The van der Waals surface area contributed by atoms with Gasteiger partial charge in [-0.15, -0.1) is 0 Å². The molecular weight excluding hydrogens is 278 g/mol. The number of urea groups is 1. The lowest BCUT2D eigenvalue weighted by molar-refractivity contribution is -0.157. The van der Waals surface area contributed by atoms with Gasteiger partial charge in [-0.25, -0.2) is 4.79 Å². The molecule has 2 rings (SSSR count). The molecule has 0 aromatic rings. The van der Waals surface area contributed by atoms with Crippen LogP contribution in [-0.2, 0) is 19.1 Å². The van der Waals surface area contributed by atoms with Crippen molar-refractivity contribution in [2.75, 3.05) is 26.8 Å². The van der Waals surface area contributed by atoms with Crippen LogP contribution >= 0.6 is 0 Å². The van der Waals surface area contributed by atoms with Crippen LogP contribution in [0.2, 0.25) is 0 Å². The highest BCUT2D eigenvalue weighted by molar-refractivity contribution is 6.19. The number of nitrogens with zero attached hydrogens (tertiary/aromatic N) is 1. The van der Waals surface area contributed by atoms with Crippen LogP contribution in [0.4, 0.5) is 4.79 Å². The van der Waals surface area contributed by atoms with E-state index in [2.05, 4.69) is 10.6 Å². The van der Waals surface area contributed by atoms with E-state index >= 15 is 0 Å². The zero-order chi connectivity index (χ0) is 15.5. The van der Waals surface area contributed by atoms with Crippen LogP contribution in [0.15, 0.2) is 0 Å². The van der Waals surface area contributed by atoms with E-state index in [1.54, 1.807) is 0 Å². The van der Waals surface area contributed by atoms with Crippen molar-refractivity contribution in [3.05, 3.63) is 0 Å². The summed E-state index contributed by atoms with van der Waals surface area (Å²) >= 11 is 0. The van der Waals surface area contributed by atoms with Gasteiger partial charge in [0.25, 0.3) is 0 Å². The van der Waals surface area contributed by atoms with Crippen molar-refractivity contribution < 1.29 is 23.9 Å². The van der Waals surface area contributed by atoms with E-state index in [1.165, 1.54) is 7.11 Å². The Bertz CT molecular complexity index is 472. The summed E-state index contributed by atoms with van der Waals surface area (Å²) in [5.41, 5.74) is -1.08. The van der Waals surface area contributed by atoms with Crippen molar-refractivity contribution in [1.82, 2.24) is 15.5 Å². The maximum atomic E-state index is 12.3. The molecule has 5 amide bonds. The summed E-state index contributed by atoms with van der Waals surface area (Å²) in [6.07, 6.45) is 1.72. The van der Waals surface area contributed by atoms with Gasteiger partial charge in [-0.1, -0.05) is 6.42 Å². The predicted molar refractivity (Wildman–Crippen MR) is 71.0 cm³/mol. The fourth-order valence-corrected chi connectivity index (χ4v) is 2.50. The fourth-order valence-electron chi connectivity index (χ4n) is 2.50. The van der Waals surface area contributed by atoms with E-state index in [-0.39, 0.29) is 18.9 Å². The molecule has 0 aromatic heterocycles. The SMILES string of the molecule is COCCNC(=O)CCN1C(=O)NC(=O)C2(CCC2)C1=O. The van der Waals surface area contributed by atoms with Gasteiger partial charge in [0.2, 0.25) is 17.7 Å². The standard InChI is InChI=1S/C13H19N3O5/c1-21-8-6-14-9(17)3-7-16-11(19)13(4-2-5-13)10(18)15-12(16)20/h2-8H2,1H3,(H,14,17)(H,15,18,20). The molecule has 1 aliphatic carbocycles. The van der Waals surface area contributed by atoms with Gasteiger partial charge in [0.1, 0.15) is 5.41 Å². The average molecular weight is 297 g/mol. The second-order valence-corrected chi connectivity index (χ2v) is 5.24. The van der Waals surface area contributed by atoms with Crippen molar-refractivity contribution in [3.8, 4) is 0 Å². The number of hydrogen-bond acceptors (Lipinski definition) is 5. The monoisotopic (exact) mass is 297 g/mol. The molecule has 1 heterocycles. The molecule has 1 aliphatic heterocycles. The van der Waals surface area contributed by atoms with Gasteiger partial charge >= 0.3 is 6.03 Å². The molecule has 8 heteroatoms. The van der Waals surface area contributed by atoms with Crippen LogP contribution in [0.1, 0.15) is 25.7 Å². The lowest BCUT2D eigenvalue weighted by Crippen LogP contribution is -2.66. The number of carbonyl (C=O) groups excluding carboxylic acids is 4. The number of nitrogens with one attached hydrogen (secondary N) is 2. The summed E-state index contributed by atoms with van der Waals surface area (Å²) in [4.78, 5) is 48.4. The summed E-state index contributed by atoms with van der Waals surface area (Å²) in [5.74, 6) is -1.26. The minimum absolute atomic E-state index is 0.00709. The van der Waals surface area contributed by atoms with Crippen LogP contribution in [-0.4, -0.2) is 55.5 Å². The number of ether oxygens (including phenoxy) is 1. The Morgan fingerprint density at radius 1 is 1.38 bits per heavy atom. The zero-order valence-electron chi connectivity index (χ0n) is 11.9. The Kier molecular flexibility index (Phi) is 4.56. The number of imide groups is 2. The molecule has 2 N–H and O–H groups in total. The van der Waals surface area contributed by atoms with Crippen molar-refractivity contribution in [1.29, 1.82) is 0 Å². The first-order chi connectivity index (χ1) is 10.0. The smallest absolute Gasteiger partial charge is 0.330 e. The molecule has 8 nitrogen and oxygen atoms in total.